The molecule has 0 saturated heterocycles. The number of benzene rings is 1. The molecule has 0 fully saturated rings. The largest absolute Gasteiger partial charge is 0.481 e. The molecule has 1 aromatic carbocycles. The van der Waals surface area contributed by atoms with Crippen LogP contribution in [-0.2, 0) is 9.59 Å². The van der Waals surface area contributed by atoms with Gasteiger partial charge in [0.1, 0.15) is 6.04 Å². The summed E-state index contributed by atoms with van der Waals surface area (Å²) in [6.45, 7) is 0.647. The maximum Gasteiger partial charge on any atom is 0.304 e. The number of carbonyl (C=O) groups is 3. The number of aliphatic hydroxyl groups is 1. The van der Waals surface area contributed by atoms with E-state index in [2.05, 4.69) is 23.7 Å². The molecule has 0 aromatic heterocycles. The number of hydroxylamine groups is 1. The lowest BCUT2D eigenvalue weighted by Gasteiger charge is -2.30. The van der Waals surface area contributed by atoms with E-state index >= 15 is 0 Å². The highest BCUT2D eigenvalue weighted by molar-refractivity contribution is 5.97. The molecule has 0 unspecified atom stereocenters. The van der Waals surface area contributed by atoms with E-state index in [0.29, 0.717) is 12.5 Å². The molecule has 2 amide bonds. The van der Waals surface area contributed by atoms with Gasteiger partial charge in [-0.3, -0.25) is 19.6 Å². The second-order valence-corrected chi connectivity index (χ2v) is 5.93. The predicted molar refractivity (Wildman–Crippen MR) is 95.8 cm³/mol. The summed E-state index contributed by atoms with van der Waals surface area (Å²) in [5.41, 5.74) is -1.34. The highest BCUT2D eigenvalue weighted by Crippen LogP contribution is 2.20. The van der Waals surface area contributed by atoms with Crippen LogP contribution in [0, 0.1) is 23.7 Å². The van der Waals surface area contributed by atoms with Gasteiger partial charge in [-0.15, -0.1) is 0 Å². The number of nitrogens with one attached hydrogen (secondary N) is 2. The average molecular weight is 408 g/mol. The van der Waals surface area contributed by atoms with Gasteiger partial charge in [0, 0.05) is 17.5 Å². The van der Waals surface area contributed by atoms with Crippen LogP contribution in [-0.4, -0.2) is 51.3 Å². The Labute approximate surface area is 164 Å². The Kier molecular flexibility index (Phi) is 8.74. The molecular formula is C19H18F2N2O6. The summed E-state index contributed by atoms with van der Waals surface area (Å²) in [6.07, 6.45) is -3.31. The minimum atomic E-state index is -3.38. The Morgan fingerprint density at radius 2 is 1.79 bits per heavy atom. The molecule has 8 nitrogen and oxygen atoms in total. The van der Waals surface area contributed by atoms with E-state index in [1.54, 1.807) is 0 Å². The maximum atomic E-state index is 13.0. The zero-order valence-electron chi connectivity index (χ0n) is 15.2. The Morgan fingerprint density at radius 1 is 1.17 bits per heavy atom. The van der Waals surface area contributed by atoms with Crippen LogP contribution in [0.15, 0.2) is 24.3 Å². The molecule has 5 N–H and O–H groups in total. The van der Waals surface area contributed by atoms with Crippen molar-refractivity contribution in [3.63, 3.8) is 0 Å². The van der Waals surface area contributed by atoms with E-state index in [9.17, 15) is 28.3 Å². The number of hydrogen-bond donors (Lipinski definition) is 5. The van der Waals surface area contributed by atoms with Crippen LogP contribution in [0.3, 0.4) is 0 Å². The van der Waals surface area contributed by atoms with Crippen molar-refractivity contribution >= 4 is 17.8 Å². The molecule has 0 aliphatic carbocycles. The van der Waals surface area contributed by atoms with Crippen LogP contribution in [0.2, 0.25) is 0 Å². The van der Waals surface area contributed by atoms with E-state index in [4.69, 9.17) is 10.3 Å². The molecule has 0 bridgehead atoms. The van der Waals surface area contributed by atoms with Crippen LogP contribution in [0.5, 0.6) is 0 Å². The number of hydrogen-bond acceptors (Lipinski definition) is 5. The third kappa shape index (κ3) is 7.22. The van der Waals surface area contributed by atoms with Crippen molar-refractivity contribution in [2.45, 2.75) is 37.8 Å². The van der Waals surface area contributed by atoms with Crippen LogP contribution in [0.25, 0.3) is 0 Å². The van der Waals surface area contributed by atoms with Crippen molar-refractivity contribution in [2.75, 3.05) is 0 Å². The van der Waals surface area contributed by atoms with Gasteiger partial charge in [0.15, 0.2) is 5.60 Å². The van der Waals surface area contributed by atoms with E-state index in [1.165, 1.54) is 24.3 Å². The molecule has 1 rings (SSSR count). The van der Waals surface area contributed by atoms with E-state index < -0.39 is 35.9 Å². The fourth-order valence-electron chi connectivity index (χ4n) is 1.97. The van der Waals surface area contributed by atoms with Crippen LogP contribution < -0.4 is 10.8 Å². The molecule has 0 radical (unpaired) electrons. The third-order valence-corrected chi connectivity index (χ3v) is 3.64. The zero-order valence-corrected chi connectivity index (χ0v) is 15.2. The van der Waals surface area contributed by atoms with Crippen molar-refractivity contribution in [2.24, 2.45) is 0 Å². The number of alkyl halides is 2. The molecule has 0 aliphatic rings. The minimum absolute atomic E-state index is 0.0103. The molecule has 0 aliphatic heterocycles. The van der Waals surface area contributed by atoms with Crippen molar-refractivity contribution in [3.8, 4) is 23.7 Å². The van der Waals surface area contributed by atoms with E-state index in [1.807, 2.05) is 5.32 Å². The van der Waals surface area contributed by atoms with Gasteiger partial charge in [0.25, 0.3) is 18.2 Å². The lowest BCUT2D eigenvalue weighted by atomic mass is 9.95. The molecule has 29 heavy (non-hydrogen) atoms. The number of amides is 2. The highest BCUT2D eigenvalue weighted by atomic mass is 19.3. The van der Waals surface area contributed by atoms with Crippen LogP contribution in [0.1, 0.15) is 35.7 Å². The summed E-state index contributed by atoms with van der Waals surface area (Å²) in [5, 5.41) is 28.9. The first kappa shape index (κ1) is 23.6. The van der Waals surface area contributed by atoms with Crippen molar-refractivity contribution < 1.29 is 38.6 Å². The molecular weight excluding hydrogens is 390 g/mol. The summed E-state index contributed by atoms with van der Waals surface area (Å²) in [7, 11) is 0. The summed E-state index contributed by atoms with van der Waals surface area (Å²) < 4.78 is 26.0. The van der Waals surface area contributed by atoms with Crippen molar-refractivity contribution in [1.82, 2.24) is 10.8 Å². The molecule has 0 heterocycles. The number of rotatable bonds is 7. The zero-order chi connectivity index (χ0) is 22.0. The number of carboxylic acids is 1. The summed E-state index contributed by atoms with van der Waals surface area (Å²) in [4.78, 5) is 34.1. The average Bonchev–Trinajstić information content (AvgIpc) is 2.67. The highest BCUT2D eigenvalue weighted by Gasteiger charge is 2.46. The lowest BCUT2D eigenvalue weighted by molar-refractivity contribution is -0.149. The van der Waals surface area contributed by atoms with Crippen molar-refractivity contribution in [1.29, 1.82) is 0 Å². The lowest BCUT2D eigenvalue weighted by Crippen LogP contribution is -2.61. The van der Waals surface area contributed by atoms with Gasteiger partial charge in [-0.2, -0.15) is 0 Å². The molecule has 10 heteroatoms. The van der Waals surface area contributed by atoms with Gasteiger partial charge in [0.2, 0.25) is 0 Å². The molecule has 1 aromatic rings. The number of carboxylic acid groups (broad SMARTS) is 1. The first-order valence-corrected chi connectivity index (χ1v) is 8.15. The van der Waals surface area contributed by atoms with Crippen molar-refractivity contribution in [3.05, 3.63) is 35.4 Å². The van der Waals surface area contributed by atoms with Gasteiger partial charge < -0.3 is 15.5 Å². The standard InChI is InChI=1S/C19H18F2N2O6/c1-19(28,18(20)21)15(17(27)23-29)22-16(26)13-10-8-12(9-11-13)6-4-2-3-5-7-14(24)25/h8-11,15,18,28-29H,5,7H2,1H3,(H,22,26)(H,23,27)(H,24,25)/t15-,19+/m1/s1. The topological polar surface area (TPSA) is 136 Å². The molecule has 0 spiro atoms. The summed E-state index contributed by atoms with van der Waals surface area (Å²) in [6, 6.07) is 3.38. The molecule has 154 valence electrons. The molecule has 0 saturated carbocycles. The SMILES string of the molecule is C[C@@](O)(C(F)F)[C@H](NC(=O)c1ccc(C#CC#CCCC(=O)O)cc1)C(=O)NO. The third-order valence-electron chi connectivity index (χ3n) is 3.64. The Hall–Kier alpha value is -3.47. The Balaban J connectivity index is 2.85. The first-order chi connectivity index (χ1) is 13.6. The van der Waals surface area contributed by atoms with Gasteiger partial charge in [0.05, 0.1) is 6.42 Å². The van der Waals surface area contributed by atoms with E-state index in [-0.39, 0.29) is 18.4 Å². The fourth-order valence-corrected chi connectivity index (χ4v) is 1.97. The predicted octanol–water partition coefficient (Wildman–Crippen LogP) is 0.526. The minimum Gasteiger partial charge on any atom is -0.481 e. The Bertz CT molecular complexity index is 876. The summed E-state index contributed by atoms with van der Waals surface area (Å²) in [5.74, 6) is 6.91. The quantitative estimate of drug-likeness (QED) is 0.254. The van der Waals surface area contributed by atoms with Gasteiger partial charge in [-0.05, 0) is 43.0 Å². The fraction of sp³-hybridized carbons (Fsp3) is 0.316. The maximum absolute atomic E-state index is 13.0. The van der Waals surface area contributed by atoms with Gasteiger partial charge >= 0.3 is 5.97 Å². The van der Waals surface area contributed by atoms with Crippen LogP contribution >= 0.6 is 0 Å². The number of aliphatic carboxylic acids is 1. The smallest absolute Gasteiger partial charge is 0.304 e. The summed E-state index contributed by atoms with van der Waals surface area (Å²) >= 11 is 0. The monoisotopic (exact) mass is 408 g/mol. The second-order valence-electron chi connectivity index (χ2n) is 5.93. The first-order valence-electron chi connectivity index (χ1n) is 8.15. The number of halogens is 2. The van der Waals surface area contributed by atoms with Gasteiger partial charge in [-0.1, -0.05) is 11.8 Å². The van der Waals surface area contributed by atoms with Gasteiger partial charge in [-0.25, -0.2) is 14.3 Å². The van der Waals surface area contributed by atoms with E-state index in [0.717, 1.165) is 5.48 Å². The number of carbonyl (C=O) groups excluding carboxylic acids is 2. The Morgan fingerprint density at radius 3 is 2.31 bits per heavy atom. The molecule has 2 atom stereocenters. The second kappa shape index (κ2) is 10.8. The van der Waals surface area contributed by atoms with Crippen LogP contribution in [0.4, 0.5) is 8.78 Å². The normalized spacial score (nSPS) is 13.0.